The Balaban J connectivity index is 1.96. The number of methoxy groups -OCH3 is 1. The molecule has 2 amide bonds. The molecule has 0 fully saturated rings. The molecule has 9 heteroatoms. The maximum Gasteiger partial charge on any atom is 0.264 e. The van der Waals surface area contributed by atoms with E-state index >= 15 is 0 Å². The van der Waals surface area contributed by atoms with Crippen LogP contribution in [0.1, 0.15) is 33.3 Å². The molecule has 1 N–H and O–H groups in total. The van der Waals surface area contributed by atoms with Gasteiger partial charge in [0.25, 0.3) is 10.0 Å². The van der Waals surface area contributed by atoms with Crippen molar-refractivity contribution in [2.75, 3.05) is 24.5 Å². The molecule has 39 heavy (non-hydrogen) atoms. The van der Waals surface area contributed by atoms with Gasteiger partial charge in [0.1, 0.15) is 18.3 Å². The summed E-state index contributed by atoms with van der Waals surface area (Å²) in [5, 5.41) is 2.93. The Morgan fingerprint density at radius 2 is 1.46 bits per heavy atom. The van der Waals surface area contributed by atoms with E-state index in [1.165, 1.54) is 24.1 Å². The van der Waals surface area contributed by atoms with Gasteiger partial charge in [-0.05, 0) is 76.1 Å². The largest absolute Gasteiger partial charge is 0.497 e. The molecule has 0 heterocycles. The molecular weight excluding hydrogens is 514 g/mol. The number of para-hydroxylation sites is 1. The van der Waals surface area contributed by atoms with E-state index in [-0.39, 0.29) is 17.3 Å². The van der Waals surface area contributed by atoms with Crippen molar-refractivity contribution in [3.8, 4) is 5.75 Å². The zero-order valence-electron chi connectivity index (χ0n) is 23.1. The van der Waals surface area contributed by atoms with Crippen LogP contribution in [0.15, 0.2) is 89.8 Å². The Bertz CT molecular complexity index is 1340. The Morgan fingerprint density at radius 1 is 0.897 bits per heavy atom. The summed E-state index contributed by atoms with van der Waals surface area (Å²) in [4.78, 5) is 28.4. The number of nitrogens with zero attached hydrogens (tertiary/aromatic N) is 2. The molecule has 3 aromatic carbocycles. The van der Waals surface area contributed by atoms with Crippen molar-refractivity contribution in [1.29, 1.82) is 0 Å². The Labute approximate surface area is 231 Å². The molecule has 3 aromatic rings. The van der Waals surface area contributed by atoms with Crippen LogP contribution in [0.3, 0.4) is 0 Å². The first-order chi connectivity index (χ1) is 18.4. The van der Waals surface area contributed by atoms with Gasteiger partial charge in [-0.2, -0.15) is 0 Å². The van der Waals surface area contributed by atoms with Crippen LogP contribution in [-0.4, -0.2) is 56.9 Å². The highest BCUT2D eigenvalue weighted by Gasteiger charge is 2.33. The van der Waals surface area contributed by atoms with E-state index < -0.39 is 34.1 Å². The van der Waals surface area contributed by atoms with E-state index in [2.05, 4.69) is 5.32 Å². The number of ether oxygens (including phenoxy) is 1. The molecule has 3 rings (SSSR count). The number of carbonyl (C=O) groups excluding carboxylic acids is 2. The zero-order chi connectivity index (χ0) is 28.6. The van der Waals surface area contributed by atoms with E-state index in [4.69, 9.17) is 4.74 Å². The number of carbonyl (C=O) groups is 2. The van der Waals surface area contributed by atoms with Crippen molar-refractivity contribution in [3.05, 3.63) is 90.5 Å². The van der Waals surface area contributed by atoms with Crippen molar-refractivity contribution in [3.63, 3.8) is 0 Å². The third-order valence-electron chi connectivity index (χ3n) is 6.12. The second-order valence-electron chi connectivity index (χ2n) is 10.3. The van der Waals surface area contributed by atoms with Crippen LogP contribution in [0.5, 0.6) is 5.75 Å². The maximum absolute atomic E-state index is 13.9. The van der Waals surface area contributed by atoms with Gasteiger partial charge >= 0.3 is 0 Å². The van der Waals surface area contributed by atoms with Crippen LogP contribution < -0.4 is 14.4 Å². The Kier molecular flexibility index (Phi) is 9.75. The minimum absolute atomic E-state index is 0.0225. The van der Waals surface area contributed by atoms with Crippen molar-refractivity contribution < 1.29 is 22.7 Å². The number of benzene rings is 3. The number of rotatable bonds is 11. The van der Waals surface area contributed by atoms with Crippen molar-refractivity contribution in [2.24, 2.45) is 0 Å². The molecule has 0 bridgehead atoms. The molecule has 0 aliphatic rings. The Morgan fingerprint density at radius 3 is 2.00 bits per heavy atom. The third-order valence-corrected chi connectivity index (χ3v) is 7.91. The molecule has 0 radical (unpaired) electrons. The van der Waals surface area contributed by atoms with Crippen molar-refractivity contribution >= 4 is 27.5 Å². The topological polar surface area (TPSA) is 96.0 Å². The Hall–Kier alpha value is -3.85. The average Bonchev–Trinajstić information content (AvgIpc) is 2.91. The highest BCUT2D eigenvalue weighted by molar-refractivity contribution is 7.92. The lowest BCUT2D eigenvalue weighted by Crippen LogP contribution is -2.55. The fourth-order valence-corrected chi connectivity index (χ4v) is 5.46. The van der Waals surface area contributed by atoms with Gasteiger partial charge < -0.3 is 15.0 Å². The monoisotopic (exact) mass is 551 g/mol. The number of anilines is 1. The highest BCUT2D eigenvalue weighted by atomic mass is 32.2. The van der Waals surface area contributed by atoms with E-state index in [9.17, 15) is 18.0 Å². The van der Waals surface area contributed by atoms with E-state index in [1.807, 2.05) is 51.1 Å². The predicted octanol–water partition coefficient (Wildman–Crippen LogP) is 4.27. The van der Waals surface area contributed by atoms with Crippen LogP contribution in [0.2, 0.25) is 0 Å². The number of hydrogen-bond acceptors (Lipinski definition) is 5. The van der Waals surface area contributed by atoms with Crippen molar-refractivity contribution in [1.82, 2.24) is 10.2 Å². The third kappa shape index (κ3) is 8.07. The van der Waals surface area contributed by atoms with Gasteiger partial charge in [0, 0.05) is 12.1 Å². The van der Waals surface area contributed by atoms with Gasteiger partial charge in [-0.3, -0.25) is 13.9 Å². The van der Waals surface area contributed by atoms with E-state index in [1.54, 1.807) is 49.4 Å². The van der Waals surface area contributed by atoms with Crippen LogP contribution in [0.4, 0.5) is 5.69 Å². The number of hydrogen-bond donors (Lipinski definition) is 1. The zero-order valence-corrected chi connectivity index (χ0v) is 23.9. The van der Waals surface area contributed by atoms with Crippen LogP contribution in [-0.2, 0) is 26.0 Å². The molecular formula is C30H37N3O5S. The number of amides is 2. The van der Waals surface area contributed by atoms with Gasteiger partial charge in [0.05, 0.1) is 17.7 Å². The lowest BCUT2D eigenvalue weighted by atomic mass is 10.1. The molecule has 1 unspecified atom stereocenters. The van der Waals surface area contributed by atoms with E-state index in [0.29, 0.717) is 17.9 Å². The summed E-state index contributed by atoms with van der Waals surface area (Å²) in [6.07, 6.45) is 0.510. The molecule has 0 aromatic heterocycles. The fourth-order valence-electron chi connectivity index (χ4n) is 4.04. The van der Waals surface area contributed by atoms with Gasteiger partial charge in [-0.25, -0.2) is 8.42 Å². The lowest BCUT2D eigenvalue weighted by molar-refractivity contribution is -0.139. The summed E-state index contributed by atoms with van der Waals surface area (Å²) in [5.74, 6) is -0.279. The van der Waals surface area contributed by atoms with Gasteiger partial charge in [0.2, 0.25) is 11.8 Å². The number of nitrogens with one attached hydrogen (secondary N) is 1. The van der Waals surface area contributed by atoms with Gasteiger partial charge in [-0.15, -0.1) is 0 Å². The summed E-state index contributed by atoms with van der Waals surface area (Å²) in [6, 6.07) is 23.3. The first-order valence-corrected chi connectivity index (χ1v) is 14.2. The quantitative estimate of drug-likeness (QED) is 0.384. The summed E-state index contributed by atoms with van der Waals surface area (Å²) >= 11 is 0. The summed E-state index contributed by atoms with van der Waals surface area (Å²) < 4.78 is 33.8. The first kappa shape index (κ1) is 29.7. The summed E-state index contributed by atoms with van der Waals surface area (Å²) in [5.41, 5.74) is 0.855. The SMILES string of the molecule is COc1ccc(S(=O)(=O)N(CC(=O)N(CCc2ccccc2)C(C)C(=O)NC(C)(C)C)c2ccccc2)cc1. The molecule has 0 saturated carbocycles. The van der Waals surface area contributed by atoms with E-state index in [0.717, 1.165) is 9.87 Å². The average molecular weight is 552 g/mol. The molecule has 0 aliphatic heterocycles. The van der Waals surface area contributed by atoms with Crippen molar-refractivity contribution in [2.45, 2.75) is 50.6 Å². The van der Waals surface area contributed by atoms with Crippen LogP contribution >= 0.6 is 0 Å². The molecule has 0 spiro atoms. The number of sulfonamides is 1. The van der Waals surface area contributed by atoms with Gasteiger partial charge in [0.15, 0.2) is 0 Å². The molecule has 1 atom stereocenters. The molecule has 8 nitrogen and oxygen atoms in total. The second-order valence-corrected chi connectivity index (χ2v) is 12.1. The standard InChI is InChI=1S/C30H37N3O5S/c1-23(29(35)31-30(2,3)4)32(21-20-24-12-8-6-9-13-24)28(34)22-33(25-14-10-7-11-15-25)39(36,37)27-18-16-26(38-5)17-19-27/h6-19,23H,20-22H2,1-5H3,(H,31,35). The lowest BCUT2D eigenvalue weighted by Gasteiger charge is -2.33. The second kappa shape index (κ2) is 12.8. The first-order valence-electron chi connectivity index (χ1n) is 12.8. The minimum atomic E-state index is -4.12. The van der Waals surface area contributed by atoms with Crippen LogP contribution in [0, 0.1) is 0 Å². The smallest absolute Gasteiger partial charge is 0.264 e. The molecule has 0 aliphatic carbocycles. The molecule has 208 valence electrons. The van der Waals surface area contributed by atoms with Gasteiger partial charge in [-0.1, -0.05) is 48.5 Å². The minimum Gasteiger partial charge on any atom is -0.497 e. The van der Waals surface area contributed by atoms with Crippen LogP contribution in [0.25, 0.3) is 0 Å². The normalized spacial score (nSPS) is 12.3. The summed E-state index contributed by atoms with van der Waals surface area (Å²) in [7, 11) is -2.62. The predicted molar refractivity (Wildman–Crippen MR) is 153 cm³/mol. The maximum atomic E-state index is 13.9. The molecule has 0 saturated heterocycles. The highest BCUT2D eigenvalue weighted by Crippen LogP contribution is 2.25. The fraction of sp³-hybridized carbons (Fsp3) is 0.333. The summed E-state index contributed by atoms with van der Waals surface area (Å²) in [6.45, 7) is 7.03.